The monoisotopic (exact) mass is 352 g/mol. The number of hydrogen-bond acceptors (Lipinski definition) is 4. The van der Waals surface area contributed by atoms with Gasteiger partial charge >= 0.3 is 0 Å². The highest BCUT2D eigenvalue weighted by Gasteiger charge is 2.11. The predicted molar refractivity (Wildman–Crippen MR) is 87.5 cm³/mol. The standard InChI is InChI=1S/C14H10Cl2N4OS/c15-10-5-11(16)13-18-19-14(20(13)6-10)22-7-8-2-1-3-9(4-8)12(17)21/h1-6H,7H2,(H2,17,21). The Morgan fingerprint density at radius 3 is 2.86 bits per heavy atom. The van der Waals surface area contributed by atoms with E-state index in [1.165, 1.54) is 11.8 Å². The molecule has 3 aromatic rings. The third-order valence-corrected chi connectivity index (χ3v) is 4.47. The van der Waals surface area contributed by atoms with Gasteiger partial charge in [0.1, 0.15) is 0 Å². The SMILES string of the molecule is NC(=O)c1cccc(CSc2nnc3c(Cl)cc(Cl)cn23)c1. The van der Waals surface area contributed by atoms with E-state index in [9.17, 15) is 4.79 Å². The molecule has 22 heavy (non-hydrogen) atoms. The number of fused-ring (bicyclic) bond motifs is 1. The minimum absolute atomic E-state index is 0.446. The van der Waals surface area contributed by atoms with Crippen LogP contribution in [0.1, 0.15) is 15.9 Å². The molecule has 0 saturated carbocycles. The summed E-state index contributed by atoms with van der Waals surface area (Å²) in [5.41, 5.74) is 7.28. The van der Waals surface area contributed by atoms with Crippen molar-refractivity contribution < 1.29 is 4.79 Å². The number of nitrogens with two attached hydrogens (primary N) is 1. The molecule has 5 nitrogen and oxygen atoms in total. The first-order valence-corrected chi connectivity index (χ1v) is 8.00. The lowest BCUT2D eigenvalue weighted by molar-refractivity contribution is 0.1000. The molecule has 0 unspecified atom stereocenters. The van der Waals surface area contributed by atoms with E-state index in [0.717, 1.165) is 5.56 Å². The van der Waals surface area contributed by atoms with Crippen LogP contribution < -0.4 is 5.73 Å². The summed E-state index contributed by atoms with van der Waals surface area (Å²) in [6.45, 7) is 0. The number of thioether (sulfide) groups is 1. The minimum Gasteiger partial charge on any atom is -0.366 e. The summed E-state index contributed by atoms with van der Waals surface area (Å²) in [6, 6.07) is 8.78. The van der Waals surface area contributed by atoms with E-state index in [1.807, 2.05) is 6.07 Å². The van der Waals surface area contributed by atoms with Crippen molar-refractivity contribution in [2.75, 3.05) is 0 Å². The Kier molecular flexibility index (Phi) is 4.24. The second-order valence-electron chi connectivity index (χ2n) is 4.54. The van der Waals surface area contributed by atoms with E-state index in [4.69, 9.17) is 28.9 Å². The molecule has 0 aliphatic carbocycles. The lowest BCUT2D eigenvalue weighted by Crippen LogP contribution is -2.10. The molecule has 0 aliphatic heterocycles. The highest BCUT2D eigenvalue weighted by molar-refractivity contribution is 7.98. The van der Waals surface area contributed by atoms with Crippen molar-refractivity contribution in [3.8, 4) is 0 Å². The Morgan fingerprint density at radius 1 is 1.27 bits per heavy atom. The second kappa shape index (κ2) is 6.16. The number of benzene rings is 1. The van der Waals surface area contributed by atoms with Gasteiger partial charge in [-0.15, -0.1) is 10.2 Å². The number of hydrogen-bond donors (Lipinski definition) is 1. The maximum Gasteiger partial charge on any atom is 0.248 e. The van der Waals surface area contributed by atoms with Crippen LogP contribution >= 0.6 is 35.0 Å². The summed E-state index contributed by atoms with van der Waals surface area (Å²) in [5, 5.41) is 9.78. The first kappa shape index (κ1) is 15.1. The minimum atomic E-state index is -0.446. The molecule has 112 valence electrons. The highest BCUT2D eigenvalue weighted by atomic mass is 35.5. The quantitative estimate of drug-likeness (QED) is 0.730. The Hall–Kier alpha value is -1.76. The molecule has 0 radical (unpaired) electrons. The molecular weight excluding hydrogens is 343 g/mol. The number of halogens is 2. The first-order valence-electron chi connectivity index (χ1n) is 6.26. The van der Waals surface area contributed by atoms with Gasteiger partial charge in [-0.25, -0.2) is 0 Å². The van der Waals surface area contributed by atoms with Gasteiger partial charge in [-0.05, 0) is 23.8 Å². The van der Waals surface area contributed by atoms with Crippen LogP contribution in [0.4, 0.5) is 0 Å². The molecule has 3 rings (SSSR count). The molecule has 2 heterocycles. The molecule has 1 aromatic carbocycles. The van der Waals surface area contributed by atoms with Gasteiger partial charge in [-0.3, -0.25) is 9.20 Å². The first-order chi connectivity index (χ1) is 10.5. The maximum absolute atomic E-state index is 11.2. The molecule has 8 heteroatoms. The van der Waals surface area contributed by atoms with Crippen LogP contribution in [0.2, 0.25) is 10.0 Å². The molecule has 0 atom stereocenters. The second-order valence-corrected chi connectivity index (χ2v) is 6.32. The molecule has 0 bridgehead atoms. The number of rotatable bonds is 4. The lowest BCUT2D eigenvalue weighted by Gasteiger charge is -2.03. The number of amides is 1. The molecule has 2 N–H and O–H groups in total. The summed E-state index contributed by atoms with van der Waals surface area (Å²) in [6.07, 6.45) is 1.71. The van der Waals surface area contributed by atoms with Gasteiger partial charge in [0.15, 0.2) is 10.8 Å². The van der Waals surface area contributed by atoms with Crippen molar-refractivity contribution in [2.24, 2.45) is 5.73 Å². The summed E-state index contributed by atoms with van der Waals surface area (Å²) in [4.78, 5) is 11.2. The van der Waals surface area contributed by atoms with Gasteiger partial charge < -0.3 is 5.73 Å². The van der Waals surface area contributed by atoms with E-state index in [-0.39, 0.29) is 0 Å². The zero-order chi connectivity index (χ0) is 15.7. The zero-order valence-corrected chi connectivity index (χ0v) is 13.5. The Labute approximate surface area is 140 Å². The predicted octanol–water partition coefficient (Wildman–Crippen LogP) is 3.43. The van der Waals surface area contributed by atoms with Crippen molar-refractivity contribution in [3.63, 3.8) is 0 Å². The van der Waals surface area contributed by atoms with E-state index in [1.54, 1.807) is 34.9 Å². The molecule has 0 fully saturated rings. The van der Waals surface area contributed by atoms with Crippen LogP contribution in [-0.2, 0) is 5.75 Å². The van der Waals surface area contributed by atoms with Crippen LogP contribution in [0.15, 0.2) is 41.7 Å². The van der Waals surface area contributed by atoms with Crippen LogP contribution in [0.25, 0.3) is 5.65 Å². The fourth-order valence-electron chi connectivity index (χ4n) is 1.96. The maximum atomic E-state index is 11.2. The van der Waals surface area contributed by atoms with Gasteiger partial charge in [0.05, 0.1) is 10.0 Å². The fraction of sp³-hybridized carbons (Fsp3) is 0.0714. The largest absolute Gasteiger partial charge is 0.366 e. The van der Waals surface area contributed by atoms with Crippen LogP contribution in [0.3, 0.4) is 0 Å². The highest BCUT2D eigenvalue weighted by Crippen LogP contribution is 2.27. The van der Waals surface area contributed by atoms with E-state index in [2.05, 4.69) is 10.2 Å². The van der Waals surface area contributed by atoms with E-state index >= 15 is 0 Å². The number of carbonyl (C=O) groups excluding carboxylic acids is 1. The smallest absolute Gasteiger partial charge is 0.248 e. The van der Waals surface area contributed by atoms with Crippen molar-refractivity contribution in [1.82, 2.24) is 14.6 Å². The average Bonchev–Trinajstić information content (AvgIpc) is 2.88. The van der Waals surface area contributed by atoms with Crippen LogP contribution in [0, 0.1) is 0 Å². The van der Waals surface area contributed by atoms with Crippen LogP contribution in [0.5, 0.6) is 0 Å². The third kappa shape index (κ3) is 3.04. The molecular formula is C14H10Cl2N4OS. The van der Waals surface area contributed by atoms with Gasteiger partial charge in [0, 0.05) is 17.5 Å². The van der Waals surface area contributed by atoms with E-state index < -0.39 is 5.91 Å². The van der Waals surface area contributed by atoms with Gasteiger partial charge in [0.2, 0.25) is 5.91 Å². The van der Waals surface area contributed by atoms with Gasteiger partial charge in [-0.2, -0.15) is 0 Å². The summed E-state index contributed by atoms with van der Waals surface area (Å²) < 4.78 is 1.74. The molecule has 0 saturated heterocycles. The average molecular weight is 353 g/mol. The normalized spacial score (nSPS) is 11.0. The Balaban J connectivity index is 1.85. The van der Waals surface area contributed by atoms with Crippen molar-refractivity contribution in [2.45, 2.75) is 10.9 Å². The lowest BCUT2D eigenvalue weighted by atomic mass is 10.1. The summed E-state index contributed by atoms with van der Waals surface area (Å²) in [5.74, 6) is 0.171. The Bertz CT molecular complexity index is 865. The molecule has 2 aromatic heterocycles. The number of pyridine rings is 1. The number of primary amides is 1. The molecule has 1 amide bonds. The Morgan fingerprint density at radius 2 is 2.09 bits per heavy atom. The molecule has 0 aliphatic rings. The van der Waals surface area contributed by atoms with Crippen molar-refractivity contribution in [3.05, 3.63) is 57.7 Å². The van der Waals surface area contributed by atoms with Gasteiger partial charge in [0.25, 0.3) is 0 Å². The summed E-state index contributed by atoms with van der Waals surface area (Å²) >= 11 is 13.6. The topological polar surface area (TPSA) is 73.3 Å². The number of aromatic nitrogens is 3. The van der Waals surface area contributed by atoms with Gasteiger partial charge in [-0.1, -0.05) is 47.1 Å². The van der Waals surface area contributed by atoms with Crippen molar-refractivity contribution in [1.29, 1.82) is 0 Å². The van der Waals surface area contributed by atoms with E-state index in [0.29, 0.717) is 32.2 Å². The molecule has 0 spiro atoms. The third-order valence-electron chi connectivity index (χ3n) is 2.97. The van der Waals surface area contributed by atoms with Crippen LogP contribution in [-0.4, -0.2) is 20.5 Å². The number of nitrogens with zero attached hydrogens (tertiary/aromatic N) is 3. The van der Waals surface area contributed by atoms with Crippen molar-refractivity contribution >= 4 is 46.5 Å². The fourth-order valence-corrected chi connectivity index (χ4v) is 3.32. The zero-order valence-electron chi connectivity index (χ0n) is 11.2. The number of carbonyl (C=O) groups is 1. The summed E-state index contributed by atoms with van der Waals surface area (Å²) in [7, 11) is 0.